The van der Waals surface area contributed by atoms with Crippen LogP contribution < -0.4 is 0 Å². The Morgan fingerprint density at radius 1 is 1.09 bits per heavy atom. The quantitative estimate of drug-likeness (QED) is 0.436. The summed E-state index contributed by atoms with van der Waals surface area (Å²) in [6, 6.07) is 0.872. The lowest BCUT2D eigenvalue weighted by atomic mass is 9.47. The van der Waals surface area contributed by atoms with E-state index in [-0.39, 0.29) is 6.10 Å². The Morgan fingerprint density at radius 3 is 2.42 bits per heavy atom. The second kappa shape index (κ2) is 8.07. The molecule has 1 saturated heterocycles. The Labute approximate surface area is 204 Å². The maximum absolute atomic E-state index is 11.0. The molecule has 0 aromatic carbocycles. The van der Waals surface area contributed by atoms with Crippen LogP contribution in [0.2, 0.25) is 0 Å². The molecule has 0 bridgehead atoms. The predicted octanol–water partition coefficient (Wildman–Crippen LogP) is 5.49. The second-order valence-corrected chi connectivity index (χ2v) is 15.1. The minimum Gasteiger partial charge on any atom is -0.393 e. The maximum atomic E-state index is 11.0. The molecule has 5 aliphatic rings. The summed E-state index contributed by atoms with van der Waals surface area (Å²) in [6.45, 7) is 11.4. The zero-order valence-corrected chi connectivity index (χ0v) is 22.9. The molecule has 0 spiro atoms. The first-order valence-electron chi connectivity index (χ1n) is 14.4. The minimum atomic E-state index is -0.182. The Kier molecular flexibility index (Phi) is 5.95. The van der Waals surface area contributed by atoms with Crippen LogP contribution in [0.15, 0.2) is 11.6 Å². The number of quaternary nitrogens is 2. The highest BCUT2D eigenvalue weighted by Gasteiger charge is 2.62. The van der Waals surface area contributed by atoms with Crippen LogP contribution in [0.1, 0.15) is 78.6 Å². The molecule has 1 unspecified atom stereocenters. The lowest BCUT2D eigenvalue weighted by Crippen LogP contribution is -2.56. The van der Waals surface area contributed by atoms with E-state index in [1.807, 2.05) is 5.57 Å². The van der Waals surface area contributed by atoms with Gasteiger partial charge in [-0.25, -0.2) is 0 Å². The van der Waals surface area contributed by atoms with Gasteiger partial charge in [-0.3, -0.25) is 0 Å². The molecule has 188 valence electrons. The van der Waals surface area contributed by atoms with Crippen molar-refractivity contribution in [1.29, 1.82) is 0 Å². The van der Waals surface area contributed by atoms with E-state index in [1.54, 1.807) is 0 Å². The van der Waals surface area contributed by atoms with E-state index in [0.717, 1.165) is 28.3 Å². The summed E-state index contributed by atoms with van der Waals surface area (Å²) in [5.41, 5.74) is 2.61. The topological polar surface area (TPSA) is 20.2 Å². The summed E-state index contributed by atoms with van der Waals surface area (Å²) < 4.78 is 2.37. The minimum absolute atomic E-state index is 0.182. The molecule has 5 rings (SSSR count). The van der Waals surface area contributed by atoms with Crippen molar-refractivity contribution < 1.29 is 14.1 Å². The van der Waals surface area contributed by atoms with E-state index in [4.69, 9.17) is 0 Å². The van der Waals surface area contributed by atoms with Crippen LogP contribution >= 0.6 is 0 Å². The van der Waals surface area contributed by atoms with Gasteiger partial charge in [-0.15, -0.1) is 0 Å². The third-order valence-electron chi connectivity index (χ3n) is 12.1. The highest BCUT2D eigenvalue weighted by Crippen LogP contribution is 2.68. The van der Waals surface area contributed by atoms with E-state index in [9.17, 15) is 5.11 Å². The van der Waals surface area contributed by atoms with E-state index >= 15 is 0 Å². The third kappa shape index (κ3) is 3.87. The number of hydrogen-bond donors (Lipinski definition) is 1. The smallest absolute Gasteiger partial charge is 0.0926 e. The fraction of sp³-hybridized carbons (Fsp3) is 0.933. The first-order valence-corrected chi connectivity index (χ1v) is 14.4. The van der Waals surface area contributed by atoms with Crippen molar-refractivity contribution in [2.45, 2.75) is 90.7 Å². The highest BCUT2D eigenvalue weighted by atomic mass is 16.3. The van der Waals surface area contributed by atoms with Crippen molar-refractivity contribution in [3.8, 4) is 0 Å². The molecule has 4 fully saturated rings. The van der Waals surface area contributed by atoms with Crippen LogP contribution in [-0.2, 0) is 0 Å². The number of allylic oxidation sites excluding steroid dienone is 1. The van der Waals surface area contributed by atoms with Gasteiger partial charge in [0.25, 0.3) is 0 Å². The van der Waals surface area contributed by atoms with Gasteiger partial charge in [-0.2, -0.15) is 0 Å². The number of nitrogens with zero attached hydrogens (tertiary/aromatic N) is 2. The van der Waals surface area contributed by atoms with E-state index in [1.165, 1.54) is 81.9 Å². The Morgan fingerprint density at radius 2 is 1.79 bits per heavy atom. The van der Waals surface area contributed by atoms with Gasteiger partial charge in [0, 0.05) is 31.6 Å². The molecule has 3 heteroatoms. The number of aliphatic hydroxyl groups excluding tert-OH is 1. The number of fused-ring (bicyclic) bond motifs is 5. The molecule has 1 heterocycles. The molecule has 0 aromatic rings. The molecule has 0 radical (unpaired) electrons. The highest BCUT2D eigenvalue weighted by molar-refractivity contribution is 5.26. The van der Waals surface area contributed by atoms with Crippen LogP contribution in [0.4, 0.5) is 0 Å². The zero-order chi connectivity index (χ0) is 23.8. The summed E-state index contributed by atoms with van der Waals surface area (Å²) in [6.07, 6.45) is 15.1. The third-order valence-corrected chi connectivity index (χ3v) is 12.1. The van der Waals surface area contributed by atoms with Crippen LogP contribution in [0, 0.1) is 40.4 Å². The Balaban J connectivity index is 1.41. The van der Waals surface area contributed by atoms with Gasteiger partial charge in [0.15, 0.2) is 0 Å². The summed E-state index contributed by atoms with van der Waals surface area (Å²) in [5, 5.41) is 11.0. The maximum Gasteiger partial charge on any atom is 0.0926 e. The van der Waals surface area contributed by atoms with Crippen molar-refractivity contribution in [2.75, 3.05) is 47.8 Å². The van der Waals surface area contributed by atoms with Gasteiger partial charge in [-0.05, 0) is 73.5 Å². The molecule has 3 nitrogen and oxygen atoms in total. The van der Waals surface area contributed by atoms with E-state index in [0.29, 0.717) is 22.7 Å². The van der Waals surface area contributed by atoms with Crippen molar-refractivity contribution in [3.63, 3.8) is 0 Å². The van der Waals surface area contributed by atoms with E-state index < -0.39 is 0 Å². The summed E-state index contributed by atoms with van der Waals surface area (Å²) in [7, 11) is 9.57. The fourth-order valence-electron chi connectivity index (χ4n) is 10.7. The van der Waals surface area contributed by atoms with Gasteiger partial charge in [-0.1, -0.05) is 25.5 Å². The first kappa shape index (κ1) is 24.3. The molecule has 3 saturated carbocycles. The molecule has 1 aliphatic heterocycles. The fourth-order valence-corrected chi connectivity index (χ4v) is 10.7. The zero-order valence-electron chi connectivity index (χ0n) is 22.9. The van der Waals surface area contributed by atoms with Gasteiger partial charge < -0.3 is 14.1 Å². The van der Waals surface area contributed by atoms with Gasteiger partial charge in [0.2, 0.25) is 0 Å². The summed E-state index contributed by atoms with van der Waals surface area (Å²) in [5.74, 6) is 3.63. The normalized spacial score (nSPS) is 47.9. The molecule has 1 N–H and O–H groups in total. The molecule has 33 heavy (non-hydrogen) atoms. The molecular formula is C30H54N2O+2. The number of rotatable bonds is 4. The SMILES string of the molecule is CC(O)[C@H]1[C@H](C[N+](C)(C)C)C[C@H]2[C@@H]3CC=C4C[C@@H]([N+]5(C)CCCC5)CC[C@]4(C)[C@H]3CC[C@@]21C. The van der Waals surface area contributed by atoms with Crippen LogP contribution in [0.25, 0.3) is 0 Å². The van der Waals surface area contributed by atoms with Gasteiger partial charge in [0.05, 0.1) is 60.0 Å². The second-order valence-electron chi connectivity index (χ2n) is 15.1. The van der Waals surface area contributed by atoms with Crippen molar-refractivity contribution >= 4 is 0 Å². The Bertz CT molecular complexity index is 775. The van der Waals surface area contributed by atoms with Crippen molar-refractivity contribution in [2.24, 2.45) is 40.4 Å². The van der Waals surface area contributed by atoms with E-state index in [2.05, 4.69) is 55.0 Å². The number of likely N-dealkylation sites (tertiary alicyclic amines) is 1. The first-order chi connectivity index (χ1) is 15.4. The number of aliphatic hydroxyl groups is 1. The van der Waals surface area contributed by atoms with Crippen LogP contribution in [-0.4, -0.2) is 74.0 Å². The molecule has 4 aliphatic carbocycles. The summed E-state index contributed by atoms with van der Waals surface area (Å²) in [4.78, 5) is 0. The van der Waals surface area contributed by atoms with Crippen molar-refractivity contribution in [1.82, 2.24) is 0 Å². The molecule has 0 aromatic heterocycles. The van der Waals surface area contributed by atoms with Gasteiger partial charge >= 0.3 is 0 Å². The number of hydrogen-bond acceptors (Lipinski definition) is 1. The molecule has 0 amide bonds. The average Bonchev–Trinajstić information content (AvgIpc) is 3.27. The molecule has 9 atom stereocenters. The largest absolute Gasteiger partial charge is 0.393 e. The Hall–Kier alpha value is -0.380. The van der Waals surface area contributed by atoms with Crippen LogP contribution in [0.5, 0.6) is 0 Å². The lowest BCUT2D eigenvalue weighted by Gasteiger charge is -2.59. The standard InChI is InChI=1S/C30H54N2O/c1-21(33)28-22(20-31(4,5)6)18-27-25-11-10-23-19-24(32(7)16-8-9-17-32)12-14-29(23,2)26(25)13-15-30(27,28)3/h10,21-22,24-28,33H,8-9,11-20H2,1-7H3/q+2/t21?,22-,24-,25+,26-,27-,28-,29-,30-/m0/s1. The lowest BCUT2D eigenvalue weighted by molar-refractivity contribution is -0.923. The predicted molar refractivity (Wildman–Crippen MR) is 138 cm³/mol. The van der Waals surface area contributed by atoms with Crippen LogP contribution in [0.3, 0.4) is 0 Å². The van der Waals surface area contributed by atoms with Crippen molar-refractivity contribution in [3.05, 3.63) is 11.6 Å². The summed E-state index contributed by atoms with van der Waals surface area (Å²) >= 11 is 0. The average molecular weight is 459 g/mol. The monoisotopic (exact) mass is 458 g/mol. The molecular weight excluding hydrogens is 404 g/mol. The van der Waals surface area contributed by atoms with Gasteiger partial charge in [0.1, 0.15) is 0 Å².